The molecule has 0 saturated carbocycles. The lowest BCUT2D eigenvalue weighted by Crippen LogP contribution is -2.33. The predicted octanol–water partition coefficient (Wildman–Crippen LogP) is 1.86. The quantitative estimate of drug-likeness (QED) is 0.828. The molecule has 1 aliphatic rings. The van der Waals surface area contributed by atoms with Crippen LogP contribution in [-0.2, 0) is 17.8 Å². The lowest BCUT2D eigenvalue weighted by atomic mass is 9.94. The maximum absolute atomic E-state index is 12.8. The van der Waals surface area contributed by atoms with E-state index in [4.69, 9.17) is 0 Å². The van der Waals surface area contributed by atoms with E-state index in [-0.39, 0.29) is 17.9 Å². The number of hydrogen-bond donors (Lipinski definition) is 2. The third-order valence-electron chi connectivity index (χ3n) is 4.89. The van der Waals surface area contributed by atoms with Gasteiger partial charge in [0.2, 0.25) is 5.91 Å². The van der Waals surface area contributed by atoms with Crippen LogP contribution >= 0.6 is 0 Å². The highest BCUT2D eigenvalue weighted by Gasteiger charge is 2.26. The first-order chi connectivity index (χ1) is 12.6. The van der Waals surface area contributed by atoms with Crippen LogP contribution in [-0.4, -0.2) is 33.1 Å². The topological polar surface area (TPSA) is 88.9 Å². The minimum atomic E-state index is -0.102. The molecule has 2 aromatic rings. The van der Waals surface area contributed by atoms with Gasteiger partial charge in [0.1, 0.15) is 0 Å². The number of pyridine rings is 1. The molecule has 0 aromatic carbocycles. The first-order valence-electron chi connectivity index (χ1n) is 9.08. The van der Waals surface area contributed by atoms with Crippen molar-refractivity contribution in [2.75, 3.05) is 6.54 Å². The van der Waals surface area contributed by atoms with Gasteiger partial charge in [0.25, 0.3) is 5.91 Å². The first kappa shape index (κ1) is 18.1. The van der Waals surface area contributed by atoms with Crippen molar-refractivity contribution in [1.82, 2.24) is 25.4 Å². The number of amides is 2. The third kappa shape index (κ3) is 4.09. The molecule has 3 rings (SSSR count). The highest BCUT2D eigenvalue weighted by Crippen LogP contribution is 2.24. The maximum Gasteiger partial charge on any atom is 0.255 e. The van der Waals surface area contributed by atoms with Crippen LogP contribution in [0.2, 0.25) is 0 Å². The van der Waals surface area contributed by atoms with Gasteiger partial charge in [-0.15, -0.1) is 0 Å². The van der Waals surface area contributed by atoms with Crippen LogP contribution in [0.15, 0.2) is 30.7 Å². The molecule has 2 atom stereocenters. The number of hydrogen-bond acceptors (Lipinski definition) is 4. The normalized spacial score (nSPS) is 17.2. The molecular formula is C19H25N5O2. The summed E-state index contributed by atoms with van der Waals surface area (Å²) in [6.45, 7) is 4.98. The van der Waals surface area contributed by atoms with E-state index < -0.39 is 0 Å². The average Bonchev–Trinajstić information content (AvgIpc) is 3.08. The Bertz CT molecular complexity index is 771. The summed E-state index contributed by atoms with van der Waals surface area (Å²) < 4.78 is 1.91. The monoisotopic (exact) mass is 355 g/mol. The van der Waals surface area contributed by atoms with Gasteiger partial charge in [-0.1, -0.05) is 6.92 Å². The second-order valence-corrected chi connectivity index (χ2v) is 6.74. The summed E-state index contributed by atoms with van der Waals surface area (Å²) in [5, 5.41) is 10.4. The summed E-state index contributed by atoms with van der Waals surface area (Å²) in [4.78, 5) is 28.0. The number of carbonyl (C=O) groups is 2. The summed E-state index contributed by atoms with van der Waals surface area (Å²) >= 11 is 0. The molecule has 0 radical (unpaired) electrons. The van der Waals surface area contributed by atoms with Gasteiger partial charge in [-0.25, -0.2) is 0 Å². The van der Waals surface area contributed by atoms with Gasteiger partial charge < -0.3 is 10.6 Å². The van der Waals surface area contributed by atoms with Crippen molar-refractivity contribution in [3.63, 3.8) is 0 Å². The zero-order valence-corrected chi connectivity index (χ0v) is 15.2. The highest BCUT2D eigenvalue weighted by molar-refractivity contribution is 5.95. The van der Waals surface area contributed by atoms with Gasteiger partial charge in [0.15, 0.2) is 0 Å². The summed E-state index contributed by atoms with van der Waals surface area (Å²) in [6.07, 6.45) is 7.62. The smallest absolute Gasteiger partial charge is 0.255 e. The van der Waals surface area contributed by atoms with Crippen molar-refractivity contribution in [3.05, 3.63) is 47.5 Å². The Morgan fingerprint density at radius 2 is 2.12 bits per heavy atom. The molecule has 2 N–H and O–H groups in total. The fourth-order valence-electron chi connectivity index (χ4n) is 3.40. The number of nitrogens with zero attached hydrogens (tertiary/aromatic N) is 3. The van der Waals surface area contributed by atoms with Crippen molar-refractivity contribution < 1.29 is 9.59 Å². The van der Waals surface area contributed by atoms with Crippen molar-refractivity contribution in [2.24, 2.45) is 5.92 Å². The Morgan fingerprint density at radius 3 is 2.81 bits per heavy atom. The molecule has 2 unspecified atom stereocenters. The second kappa shape index (κ2) is 8.12. The van der Waals surface area contributed by atoms with Gasteiger partial charge >= 0.3 is 0 Å². The largest absolute Gasteiger partial charge is 0.356 e. The van der Waals surface area contributed by atoms with Crippen LogP contribution in [0.3, 0.4) is 0 Å². The predicted molar refractivity (Wildman–Crippen MR) is 97.5 cm³/mol. The lowest BCUT2D eigenvalue weighted by molar-refractivity contribution is -0.119. The van der Waals surface area contributed by atoms with Gasteiger partial charge in [0, 0.05) is 32.4 Å². The standard InChI is InChI=1S/C19H25N5O2/c1-3-17(15-4-7-20-8-5-15)23-19(26)16-12-22-24-9-6-14(10-18(16)24)11-21-13(2)25/h4-5,7-8,12,14,17H,3,6,9-11H2,1-2H3,(H,21,25)(H,23,26). The van der Waals surface area contributed by atoms with Gasteiger partial charge in [-0.2, -0.15) is 5.10 Å². The molecule has 7 heteroatoms. The Hall–Kier alpha value is -2.70. The minimum absolute atomic E-state index is 0.0230. The molecule has 0 bridgehead atoms. The van der Waals surface area contributed by atoms with Crippen LogP contribution in [0.1, 0.15) is 54.3 Å². The van der Waals surface area contributed by atoms with Crippen LogP contribution < -0.4 is 10.6 Å². The highest BCUT2D eigenvalue weighted by atomic mass is 16.2. The number of aromatic nitrogens is 3. The van der Waals surface area contributed by atoms with E-state index in [9.17, 15) is 9.59 Å². The van der Waals surface area contributed by atoms with E-state index in [1.165, 1.54) is 6.92 Å². The molecule has 0 fully saturated rings. The van der Waals surface area contributed by atoms with E-state index in [1.54, 1.807) is 18.6 Å². The van der Waals surface area contributed by atoms with E-state index in [1.807, 2.05) is 23.7 Å². The van der Waals surface area contributed by atoms with Gasteiger partial charge in [-0.05, 0) is 42.9 Å². The molecule has 2 aromatic heterocycles. The number of nitrogens with one attached hydrogen (secondary N) is 2. The summed E-state index contributed by atoms with van der Waals surface area (Å²) in [7, 11) is 0. The molecule has 7 nitrogen and oxygen atoms in total. The van der Waals surface area contributed by atoms with Crippen molar-refractivity contribution in [1.29, 1.82) is 0 Å². The Morgan fingerprint density at radius 1 is 1.35 bits per heavy atom. The van der Waals surface area contributed by atoms with Crippen molar-refractivity contribution in [3.8, 4) is 0 Å². The third-order valence-corrected chi connectivity index (χ3v) is 4.89. The molecule has 1 aliphatic heterocycles. The first-order valence-corrected chi connectivity index (χ1v) is 9.08. The molecule has 0 aliphatic carbocycles. The fourth-order valence-corrected chi connectivity index (χ4v) is 3.40. The molecular weight excluding hydrogens is 330 g/mol. The van der Waals surface area contributed by atoms with Crippen LogP contribution in [0.25, 0.3) is 0 Å². The summed E-state index contributed by atoms with van der Waals surface area (Å²) in [6, 6.07) is 3.79. The van der Waals surface area contributed by atoms with E-state index >= 15 is 0 Å². The number of carbonyl (C=O) groups excluding carboxylic acids is 2. The van der Waals surface area contributed by atoms with Crippen molar-refractivity contribution in [2.45, 2.75) is 45.7 Å². The zero-order chi connectivity index (χ0) is 18.5. The second-order valence-electron chi connectivity index (χ2n) is 6.74. The van der Waals surface area contributed by atoms with Crippen molar-refractivity contribution >= 4 is 11.8 Å². The number of aryl methyl sites for hydroxylation is 1. The molecule has 26 heavy (non-hydrogen) atoms. The van der Waals surface area contributed by atoms with E-state index in [2.05, 4.69) is 20.7 Å². The molecule has 2 amide bonds. The van der Waals surface area contributed by atoms with Crippen LogP contribution in [0.4, 0.5) is 0 Å². The van der Waals surface area contributed by atoms with Crippen LogP contribution in [0.5, 0.6) is 0 Å². The number of rotatable bonds is 6. The SMILES string of the molecule is CCC(NC(=O)c1cnn2c1CC(CNC(C)=O)CC2)c1ccncc1. The van der Waals surface area contributed by atoms with Gasteiger partial charge in [-0.3, -0.25) is 19.3 Å². The van der Waals surface area contributed by atoms with Crippen LogP contribution in [0, 0.1) is 5.92 Å². The lowest BCUT2D eigenvalue weighted by Gasteiger charge is -2.24. The molecule has 0 spiro atoms. The molecule has 138 valence electrons. The molecule has 0 saturated heterocycles. The minimum Gasteiger partial charge on any atom is -0.356 e. The van der Waals surface area contributed by atoms with Gasteiger partial charge in [0.05, 0.1) is 23.5 Å². The molecule has 3 heterocycles. The Balaban J connectivity index is 1.71. The van der Waals surface area contributed by atoms with E-state index in [0.29, 0.717) is 18.0 Å². The maximum atomic E-state index is 12.8. The van der Waals surface area contributed by atoms with E-state index in [0.717, 1.165) is 37.1 Å². The fraction of sp³-hybridized carbons (Fsp3) is 0.474. The Kier molecular flexibility index (Phi) is 5.65. The summed E-state index contributed by atoms with van der Waals surface area (Å²) in [5.41, 5.74) is 2.62. The summed E-state index contributed by atoms with van der Waals surface area (Å²) in [5.74, 6) is 0.206. The number of fused-ring (bicyclic) bond motifs is 1. The Labute approximate surface area is 153 Å². The average molecular weight is 355 g/mol. The zero-order valence-electron chi connectivity index (χ0n) is 15.2.